The van der Waals surface area contributed by atoms with Gasteiger partial charge in [0, 0.05) is 10.3 Å². The molecule has 1 aromatic heterocycles. The second-order valence-electron chi connectivity index (χ2n) is 5.30. The Balaban J connectivity index is 2.26. The Kier molecular flexibility index (Phi) is 3.88. The van der Waals surface area contributed by atoms with Crippen LogP contribution in [-0.2, 0) is 11.8 Å². The number of thiophene rings is 1. The largest absolute Gasteiger partial charge is 0.148 e. The first-order chi connectivity index (χ1) is 8.16. The van der Waals surface area contributed by atoms with E-state index in [2.05, 4.69) is 50.4 Å². The van der Waals surface area contributed by atoms with Gasteiger partial charge in [-0.25, -0.2) is 0 Å². The molecule has 1 aliphatic carbocycles. The predicted octanol–water partition coefficient (Wildman–Crippen LogP) is 5.25. The molecule has 0 saturated heterocycles. The molecule has 0 saturated carbocycles. The van der Waals surface area contributed by atoms with E-state index >= 15 is 0 Å². The van der Waals surface area contributed by atoms with Gasteiger partial charge in [-0.3, -0.25) is 0 Å². The van der Waals surface area contributed by atoms with Crippen LogP contribution in [0.15, 0.2) is 35.2 Å². The highest BCUT2D eigenvalue weighted by Crippen LogP contribution is 2.39. The van der Waals surface area contributed by atoms with Gasteiger partial charge >= 0.3 is 0 Å². The molecule has 1 heteroatoms. The summed E-state index contributed by atoms with van der Waals surface area (Å²) in [6.45, 7) is 6.98. The van der Waals surface area contributed by atoms with Crippen molar-refractivity contribution in [2.75, 3.05) is 0 Å². The number of unbranched alkanes of at least 4 members (excludes halogenated alkanes) is 1. The van der Waals surface area contributed by atoms with Gasteiger partial charge < -0.3 is 0 Å². The topological polar surface area (TPSA) is 0 Å². The molecule has 1 aromatic rings. The molecule has 1 aliphatic rings. The van der Waals surface area contributed by atoms with E-state index in [9.17, 15) is 0 Å². The summed E-state index contributed by atoms with van der Waals surface area (Å²) in [5.74, 6) is 0. The Morgan fingerprint density at radius 1 is 1.35 bits per heavy atom. The minimum atomic E-state index is 0.185. The molecule has 0 spiro atoms. The Morgan fingerprint density at radius 2 is 2.18 bits per heavy atom. The van der Waals surface area contributed by atoms with Crippen molar-refractivity contribution in [2.45, 2.75) is 51.9 Å². The van der Waals surface area contributed by atoms with Crippen molar-refractivity contribution in [3.8, 4) is 0 Å². The van der Waals surface area contributed by atoms with Crippen LogP contribution in [0.5, 0.6) is 0 Å². The summed E-state index contributed by atoms with van der Waals surface area (Å²) in [6.07, 6.45) is 11.8. The minimum absolute atomic E-state index is 0.185. The van der Waals surface area contributed by atoms with Crippen molar-refractivity contribution in [1.29, 1.82) is 0 Å². The number of allylic oxidation sites excluding steroid dienone is 4. The molecular weight excluding hydrogens is 224 g/mol. The average molecular weight is 246 g/mol. The van der Waals surface area contributed by atoms with E-state index in [1.54, 1.807) is 10.4 Å². The third kappa shape index (κ3) is 2.55. The quantitative estimate of drug-likeness (QED) is 0.665. The third-order valence-corrected chi connectivity index (χ3v) is 4.89. The first kappa shape index (κ1) is 12.6. The molecule has 0 N–H and O–H groups in total. The second-order valence-corrected chi connectivity index (χ2v) is 6.22. The second kappa shape index (κ2) is 5.22. The maximum absolute atomic E-state index is 2.36. The molecule has 0 radical (unpaired) electrons. The molecule has 0 amide bonds. The zero-order valence-electron chi connectivity index (χ0n) is 11.1. The molecule has 0 aromatic carbocycles. The molecule has 2 rings (SSSR count). The van der Waals surface area contributed by atoms with Crippen LogP contribution >= 0.6 is 11.3 Å². The normalized spacial score (nSPS) is 15.4. The fourth-order valence-corrected chi connectivity index (χ4v) is 3.60. The van der Waals surface area contributed by atoms with E-state index in [1.807, 2.05) is 11.3 Å². The summed E-state index contributed by atoms with van der Waals surface area (Å²) in [5, 5.41) is 2.25. The maximum atomic E-state index is 2.36. The molecule has 0 atom stereocenters. The van der Waals surface area contributed by atoms with Crippen molar-refractivity contribution in [3.05, 3.63) is 45.7 Å². The third-order valence-electron chi connectivity index (χ3n) is 3.61. The summed E-state index contributed by atoms with van der Waals surface area (Å²) < 4.78 is 0. The van der Waals surface area contributed by atoms with Gasteiger partial charge in [0.25, 0.3) is 0 Å². The molecule has 1 heterocycles. The van der Waals surface area contributed by atoms with Crippen molar-refractivity contribution in [2.24, 2.45) is 0 Å². The minimum Gasteiger partial charge on any atom is -0.148 e. The zero-order chi connectivity index (χ0) is 12.3. The van der Waals surface area contributed by atoms with Crippen molar-refractivity contribution in [3.63, 3.8) is 0 Å². The molecule has 0 bridgehead atoms. The maximum Gasteiger partial charge on any atom is 0.0239 e. The fourth-order valence-electron chi connectivity index (χ4n) is 2.50. The van der Waals surface area contributed by atoms with Gasteiger partial charge in [-0.15, -0.1) is 11.3 Å². The Morgan fingerprint density at radius 3 is 2.82 bits per heavy atom. The van der Waals surface area contributed by atoms with Gasteiger partial charge in [-0.2, -0.15) is 0 Å². The van der Waals surface area contributed by atoms with Gasteiger partial charge in [0.1, 0.15) is 0 Å². The smallest absolute Gasteiger partial charge is 0.0239 e. The van der Waals surface area contributed by atoms with Crippen molar-refractivity contribution >= 4 is 11.3 Å². The molecule has 92 valence electrons. The van der Waals surface area contributed by atoms with Crippen molar-refractivity contribution < 1.29 is 0 Å². The molecular formula is C16H22S. The van der Waals surface area contributed by atoms with E-state index < -0.39 is 0 Å². The summed E-state index contributed by atoms with van der Waals surface area (Å²) in [6, 6.07) is 2.32. The van der Waals surface area contributed by atoms with Gasteiger partial charge in [-0.1, -0.05) is 45.4 Å². The van der Waals surface area contributed by atoms with Crippen LogP contribution in [0.4, 0.5) is 0 Å². The lowest BCUT2D eigenvalue weighted by Gasteiger charge is -2.26. The first-order valence-corrected chi connectivity index (χ1v) is 7.48. The standard InChI is InChI=1S/C16H22S/c1-4-5-8-13-11-12-17-15(13)16(2,3)14-9-6-7-10-14/h6,9-12H,4-5,7-8H2,1-3H3. The lowest BCUT2D eigenvalue weighted by Crippen LogP contribution is -2.19. The summed E-state index contributed by atoms with van der Waals surface area (Å²) in [4.78, 5) is 1.56. The number of aryl methyl sites for hydroxylation is 1. The van der Waals surface area contributed by atoms with Gasteiger partial charge in [0.2, 0.25) is 0 Å². The lowest BCUT2D eigenvalue weighted by molar-refractivity contribution is 0.642. The van der Waals surface area contributed by atoms with Gasteiger partial charge in [0.05, 0.1) is 0 Å². The first-order valence-electron chi connectivity index (χ1n) is 6.60. The van der Waals surface area contributed by atoms with Crippen LogP contribution in [0.2, 0.25) is 0 Å². The summed E-state index contributed by atoms with van der Waals surface area (Å²) >= 11 is 1.92. The zero-order valence-corrected chi connectivity index (χ0v) is 11.9. The van der Waals surface area contributed by atoms with E-state index in [-0.39, 0.29) is 5.41 Å². The highest BCUT2D eigenvalue weighted by atomic mass is 32.1. The van der Waals surface area contributed by atoms with Crippen LogP contribution in [0.1, 0.15) is 50.5 Å². The highest BCUT2D eigenvalue weighted by Gasteiger charge is 2.28. The van der Waals surface area contributed by atoms with Crippen LogP contribution in [0, 0.1) is 0 Å². The fraction of sp³-hybridized carbons (Fsp3) is 0.500. The van der Waals surface area contributed by atoms with Gasteiger partial charge in [-0.05, 0) is 41.8 Å². The van der Waals surface area contributed by atoms with Crippen LogP contribution in [0.3, 0.4) is 0 Å². The average Bonchev–Trinajstić information content (AvgIpc) is 2.97. The summed E-state index contributed by atoms with van der Waals surface area (Å²) in [5.41, 5.74) is 3.23. The van der Waals surface area contributed by atoms with E-state index in [0.29, 0.717) is 0 Å². The van der Waals surface area contributed by atoms with Crippen LogP contribution in [-0.4, -0.2) is 0 Å². The SMILES string of the molecule is CCCCc1ccsc1C(C)(C)C1=CCC=C1. The van der Waals surface area contributed by atoms with E-state index in [4.69, 9.17) is 0 Å². The number of hydrogen-bond donors (Lipinski definition) is 0. The Hall–Kier alpha value is -0.820. The van der Waals surface area contributed by atoms with Crippen LogP contribution in [0.25, 0.3) is 0 Å². The monoisotopic (exact) mass is 246 g/mol. The molecule has 0 fully saturated rings. The molecule has 17 heavy (non-hydrogen) atoms. The summed E-state index contributed by atoms with van der Waals surface area (Å²) in [7, 11) is 0. The van der Waals surface area contributed by atoms with E-state index in [0.717, 1.165) is 6.42 Å². The van der Waals surface area contributed by atoms with Crippen LogP contribution < -0.4 is 0 Å². The van der Waals surface area contributed by atoms with Gasteiger partial charge in [0.15, 0.2) is 0 Å². The Labute approximate surface area is 109 Å². The highest BCUT2D eigenvalue weighted by molar-refractivity contribution is 7.10. The van der Waals surface area contributed by atoms with E-state index in [1.165, 1.54) is 24.8 Å². The predicted molar refractivity (Wildman–Crippen MR) is 77.8 cm³/mol. The molecule has 0 unspecified atom stereocenters. The lowest BCUT2D eigenvalue weighted by atomic mass is 9.81. The molecule has 0 aliphatic heterocycles. The number of rotatable bonds is 5. The molecule has 0 nitrogen and oxygen atoms in total. The Bertz CT molecular complexity index is 432. The number of hydrogen-bond acceptors (Lipinski definition) is 1. The van der Waals surface area contributed by atoms with Crippen molar-refractivity contribution in [1.82, 2.24) is 0 Å².